The highest BCUT2D eigenvalue weighted by Gasteiger charge is 2.21. The van der Waals surface area contributed by atoms with Crippen LogP contribution in [0.1, 0.15) is 55.9 Å². The molecule has 1 aromatic rings. The van der Waals surface area contributed by atoms with Gasteiger partial charge in [-0.2, -0.15) is 0 Å². The first kappa shape index (κ1) is 16.8. The van der Waals surface area contributed by atoms with Gasteiger partial charge in [0.15, 0.2) is 11.5 Å². The van der Waals surface area contributed by atoms with E-state index in [1.54, 1.807) is 20.3 Å². The molecule has 0 saturated heterocycles. The molecule has 1 unspecified atom stereocenters. The minimum absolute atomic E-state index is 0.0691. The molecule has 118 valence electrons. The number of benzene rings is 1. The molecule has 0 bridgehead atoms. The zero-order valence-electron chi connectivity index (χ0n) is 12.8. The van der Waals surface area contributed by atoms with Crippen molar-refractivity contribution in [3.63, 3.8) is 0 Å². The summed E-state index contributed by atoms with van der Waals surface area (Å²) in [5.41, 5.74) is 0.945. The minimum atomic E-state index is -0.0691. The molecule has 4 heteroatoms. The summed E-state index contributed by atoms with van der Waals surface area (Å²) >= 11 is 13.0. The Kier molecular flexibility index (Phi) is 6.50. The maximum Gasteiger partial charge on any atom is 0.162 e. The Morgan fingerprint density at radius 1 is 1.05 bits per heavy atom. The summed E-state index contributed by atoms with van der Waals surface area (Å²) in [6.45, 7) is 0. The summed E-state index contributed by atoms with van der Waals surface area (Å²) < 4.78 is 10.6. The average Bonchev–Trinajstić information content (AvgIpc) is 2.75. The average molecular weight is 331 g/mol. The van der Waals surface area contributed by atoms with Crippen LogP contribution in [0.4, 0.5) is 0 Å². The summed E-state index contributed by atoms with van der Waals surface area (Å²) in [6.07, 6.45) is 8.93. The Labute approximate surface area is 137 Å². The van der Waals surface area contributed by atoms with Gasteiger partial charge in [-0.25, -0.2) is 0 Å². The van der Waals surface area contributed by atoms with Gasteiger partial charge in [0.05, 0.1) is 19.6 Å². The lowest BCUT2D eigenvalue weighted by Gasteiger charge is -2.20. The number of rotatable bonds is 5. The van der Waals surface area contributed by atoms with Gasteiger partial charge in [0, 0.05) is 11.1 Å². The highest BCUT2D eigenvalue weighted by molar-refractivity contribution is 6.33. The molecule has 0 aromatic heterocycles. The number of hydrogen-bond acceptors (Lipinski definition) is 2. The molecule has 1 aromatic carbocycles. The van der Waals surface area contributed by atoms with Crippen molar-refractivity contribution in [2.75, 3.05) is 14.2 Å². The minimum Gasteiger partial charge on any atom is -0.493 e. The van der Waals surface area contributed by atoms with E-state index in [9.17, 15) is 0 Å². The van der Waals surface area contributed by atoms with Crippen molar-refractivity contribution in [1.29, 1.82) is 0 Å². The van der Waals surface area contributed by atoms with E-state index >= 15 is 0 Å². The number of methoxy groups -OCH3 is 2. The fourth-order valence-corrected chi connectivity index (χ4v) is 3.90. The molecule has 1 saturated carbocycles. The third-order valence-corrected chi connectivity index (χ3v) is 5.10. The largest absolute Gasteiger partial charge is 0.493 e. The third-order valence-electron chi connectivity index (χ3n) is 4.36. The zero-order valence-corrected chi connectivity index (χ0v) is 14.3. The lowest BCUT2D eigenvalue weighted by molar-refractivity contribution is 0.354. The van der Waals surface area contributed by atoms with Crippen molar-refractivity contribution < 1.29 is 9.47 Å². The second-order valence-corrected chi connectivity index (χ2v) is 6.72. The van der Waals surface area contributed by atoms with E-state index in [4.69, 9.17) is 32.7 Å². The zero-order chi connectivity index (χ0) is 15.2. The molecule has 1 aliphatic rings. The Bertz CT molecular complexity index is 454. The van der Waals surface area contributed by atoms with Gasteiger partial charge < -0.3 is 9.47 Å². The molecule has 2 nitrogen and oxygen atoms in total. The predicted octanol–water partition coefficient (Wildman–Crippen LogP) is 6.00. The quantitative estimate of drug-likeness (QED) is 0.487. The predicted molar refractivity (Wildman–Crippen MR) is 89.0 cm³/mol. The van der Waals surface area contributed by atoms with E-state index < -0.39 is 0 Å². The number of ether oxygens (including phenoxy) is 2. The molecule has 1 atom stereocenters. The fraction of sp³-hybridized carbons (Fsp3) is 0.647. The van der Waals surface area contributed by atoms with Crippen LogP contribution in [-0.4, -0.2) is 14.2 Å². The van der Waals surface area contributed by atoms with Crippen LogP contribution in [-0.2, 0) is 0 Å². The van der Waals surface area contributed by atoms with Gasteiger partial charge in [-0.05, 0) is 24.0 Å². The fourth-order valence-electron chi connectivity index (χ4n) is 3.13. The molecule has 2 rings (SSSR count). The first-order chi connectivity index (χ1) is 10.2. The number of hydrogen-bond donors (Lipinski definition) is 0. The normalized spacial score (nSPS) is 18.1. The summed E-state index contributed by atoms with van der Waals surface area (Å²) in [6, 6.07) is 3.70. The maximum absolute atomic E-state index is 6.64. The monoisotopic (exact) mass is 330 g/mol. The van der Waals surface area contributed by atoms with Crippen LogP contribution in [0.25, 0.3) is 0 Å². The molecule has 0 spiro atoms. The Hall–Kier alpha value is -0.600. The third kappa shape index (κ3) is 4.43. The van der Waals surface area contributed by atoms with Crippen LogP contribution in [0.15, 0.2) is 12.1 Å². The van der Waals surface area contributed by atoms with Gasteiger partial charge >= 0.3 is 0 Å². The van der Waals surface area contributed by atoms with E-state index in [1.807, 2.05) is 6.07 Å². The highest BCUT2D eigenvalue weighted by Crippen LogP contribution is 2.41. The van der Waals surface area contributed by atoms with E-state index in [0.717, 1.165) is 12.0 Å². The molecule has 1 fully saturated rings. The molecule has 0 heterocycles. The molecule has 1 aliphatic carbocycles. The smallest absolute Gasteiger partial charge is 0.162 e. The van der Waals surface area contributed by atoms with Crippen molar-refractivity contribution in [1.82, 2.24) is 0 Å². The molecule has 0 aliphatic heterocycles. The van der Waals surface area contributed by atoms with Gasteiger partial charge in [0.2, 0.25) is 0 Å². The standard InChI is InChI=1S/C17H24Cl2O2/c1-20-16-10-13(15(19)11-17(16)21-2)14(18)9-12-7-5-3-4-6-8-12/h10-12,14H,3-9H2,1-2H3. The van der Waals surface area contributed by atoms with Crippen LogP contribution < -0.4 is 9.47 Å². The summed E-state index contributed by atoms with van der Waals surface area (Å²) in [5.74, 6) is 2.03. The van der Waals surface area contributed by atoms with Crippen molar-refractivity contribution in [3.05, 3.63) is 22.7 Å². The van der Waals surface area contributed by atoms with Gasteiger partial charge in [-0.15, -0.1) is 11.6 Å². The topological polar surface area (TPSA) is 18.5 Å². The summed E-state index contributed by atoms with van der Waals surface area (Å²) in [7, 11) is 3.24. The van der Waals surface area contributed by atoms with E-state index in [-0.39, 0.29) is 5.38 Å². The van der Waals surface area contributed by atoms with E-state index in [0.29, 0.717) is 22.4 Å². The van der Waals surface area contributed by atoms with E-state index in [1.165, 1.54) is 38.5 Å². The summed E-state index contributed by atoms with van der Waals surface area (Å²) in [4.78, 5) is 0. The molecule has 0 amide bonds. The first-order valence-electron chi connectivity index (χ1n) is 7.71. The number of halogens is 2. The lowest BCUT2D eigenvalue weighted by Crippen LogP contribution is -2.04. The van der Waals surface area contributed by atoms with Crippen molar-refractivity contribution >= 4 is 23.2 Å². The summed E-state index contributed by atoms with van der Waals surface area (Å²) in [5, 5.41) is 0.585. The van der Waals surface area contributed by atoms with Gasteiger partial charge in [0.1, 0.15) is 0 Å². The Morgan fingerprint density at radius 3 is 2.19 bits per heavy atom. The maximum atomic E-state index is 6.64. The number of alkyl halides is 1. The Morgan fingerprint density at radius 2 is 1.62 bits per heavy atom. The second kappa shape index (κ2) is 8.14. The molecule has 0 radical (unpaired) electrons. The van der Waals surface area contributed by atoms with Crippen LogP contribution in [0.3, 0.4) is 0 Å². The highest BCUT2D eigenvalue weighted by atomic mass is 35.5. The van der Waals surface area contributed by atoms with Crippen LogP contribution in [0.5, 0.6) is 11.5 Å². The van der Waals surface area contributed by atoms with Crippen LogP contribution in [0.2, 0.25) is 5.02 Å². The molecular formula is C17H24Cl2O2. The van der Waals surface area contributed by atoms with Crippen molar-refractivity contribution in [2.24, 2.45) is 5.92 Å². The molecule has 0 N–H and O–H groups in total. The van der Waals surface area contributed by atoms with E-state index in [2.05, 4.69) is 0 Å². The first-order valence-corrected chi connectivity index (χ1v) is 8.52. The Balaban J connectivity index is 2.12. The second-order valence-electron chi connectivity index (χ2n) is 5.79. The lowest BCUT2D eigenvalue weighted by atomic mass is 9.92. The van der Waals surface area contributed by atoms with Crippen molar-refractivity contribution in [3.8, 4) is 11.5 Å². The van der Waals surface area contributed by atoms with Gasteiger partial charge in [0.25, 0.3) is 0 Å². The molecular weight excluding hydrogens is 307 g/mol. The molecule has 21 heavy (non-hydrogen) atoms. The van der Waals surface area contributed by atoms with Gasteiger partial charge in [-0.1, -0.05) is 50.1 Å². The van der Waals surface area contributed by atoms with Crippen LogP contribution in [0, 0.1) is 5.92 Å². The van der Waals surface area contributed by atoms with Crippen molar-refractivity contribution in [2.45, 2.75) is 50.3 Å². The SMILES string of the molecule is COc1cc(Cl)c(C(Cl)CC2CCCCCC2)cc1OC. The van der Waals surface area contributed by atoms with Gasteiger partial charge in [-0.3, -0.25) is 0 Å². The van der Waals surface area contributed by atoms with Crippen LogP contribution >= 0.6 is 23.2 Å².